The number of carbonyl (C=O) groups excluding carboxylic acids is 1. The maximum Gasteiger partial charge on any atom is 0.269 e. The van der Waals surface area contributed by atoms with Crippen LogP contribution in [-0.2, 0) is 14.8 Å². The summed E-state index contributed by atoms with van der Waals surface area (Å²) in [6.07, 6.45) is -1.08. The van der Waals surface area contributed by atoms with Gasteiger partial charge < -0.3 is 4.74 Å². The van der Waals surface area contributed by atoms with Gasteiger partial charge in [-0.25, -0.2) is 8.42 Å². The van der Waals surface area contributed by atoms with Crippen LogP contribution in [0.4, 0.5) is 10.8 Å². The van der Waals surface area contributed by atoms with Gasteiger partial charge in [0.2, 0.25) is 5.13 Å². The van der Waals surface area contributed by atoms with Crippen LogP contribution in [0.15, 0.2) is 77.7 Å². The largest absolute Gasteiger partial charge is 0.476 e. The summed E-state index contributed by atoms with van der Waals surface area (Å²) in [7, 11) is -3.93. The Labute approximate surface area is 207 Å². The summed E-state index contributed by atoms with van der Waals surface area (Å²) in [6, 6.07) is 21.4. The van der Waals surface area contributed by atoms with E-state index in [1.165, 1.54) is 15.6 Å². The van der Waals surface area contributed by atoms with Crippen molar-refractivity contribution in [3.05, 3.63) is 83.9 Å². The number of nitrogens with one attached hydrogen (secondary N) is 1. The van der Waals surface area contributed by atoms with E-state index in [1.807, 2.05) is 50.2 Å². The number of rotatable bonds is 5. The van der Waals surface area contributed by atoms with Gasteiger partial charge in [0, 0.05) is 5.56 Å². The number of ether oxygens (including phenoxy) is 1. The number of fused-ring (bicyclic) bond motifs is 1. The number of amides is 1. The molecule has 8 nitrogen and oxygen atoms in total. The molecule has 0 aliphatic carbocycles. The van der Waals surface area contributed by atoms with Crippen LogP contribution >= 0.6 is 11.3 Å². The molecule has 2 heterocycles. The normalized spacial score (nSPS) is 15.3. The Hall–Kier alpha value is -3.76. The number of aryl methyl sites for hydroxylation is 2. The smallest absolute Gasteiger partial charge is 0.269 e. The van der Waals surface area contributed by atoms with Crippen LogP contribution in [-0.4, -0.2) is 37.2 Å². The Kier molecular flexibility index (Phi) is 6.00. The van der Waals surface area contributed by atoms with Crippen molar-refractivity contribution in [2.45, 2.75) is 24.8 Å². The zero-order chi connectivity index (χ0) is 24.6. The van der Waals surface area contributed by atoms with Crippen LogP contribution in [0.5, 0.6) is 5.75 Å². The number of aromatic nitrogens is 2. The summed E-state index contributed by atoms with van der Waals surface area (Å²) in [5.74, 6) is -0.175. The predicted octanol–water partition coefficient (Wildman–Crippen LogP) is 4.42. The lowest BCUT2D eigenvalue weighted by atomic mass is 10.1. The lowest BCUT2D eigenvalue weighted by molar-refractivity contribution is -0.122. The minimum Gasteiger partial charge on any atom is -0.476 e. The number of benzene rings is 3. The molecule has 0 saturated heterocycles. The van der Waals surface area contributed by atoms with Crippen molar-refractivity contribution in [1.82, 2.24) is 10.2 Å². The van der Waals surface area contributed by atoms with Gasteiger partial charge in [-0.3, -0.25) is 14.4 Å². The Morgan fingerprint density at radius 2 is 1.71 bits per heavy atom. The Morgan fingerprint density at radius 3 is 2.46 bits per heavy atom. The molecule has 5 rings (SSSR count). The highest BCUT2D eigenvalue weighted by atomic mass is 32.2. The van der Waals surface area contributed by atoms with Crippen LogP contribution in [0.3, 0.4) is 0 Å². The fraction of sp³-hybridized carbons (Fsp3) is 0.160. The average molecular weight is 507 g/mol. The first-order valence-electron chi connectivity index (χ1n) is 10.9. The molecule has 1 atom stereocenters. The van der Waals surface area contributed by atoms with Crippen LogP contribution in [0.2, 0.25) is 0 Å². The number of carbonyl (C=O) groups is 1. The van der Waals surface area contributed by atoms with Crippen molar-refractivity contribution in [3.63, 3.8) is 0 Å². The molecule has 35 heavy (non-hydrogen) atoms. The highest BCUT2D eigenvalue weighted by Gasteiger charge is 2.38. The van der Waals surface area contributed by atoms with Gasteiger partial charge in [0.1, 0.15) is 10.8 Å². The van der Waals surface area contributed by atoms with Crippen molar-refractivity contribution < 1.29 is 17.9 Å². The lowest BCUT2D eigenvalue weighted by Crippen LogP contribution is -2.48. The van der Waals surface area contributed by atoms with Crippen LogP contribution in [0.1, 0.15) is 11.1 Å². The van der Waals surface area contributed by atoms with Gasteiger partial charge >= 0.3 is 0 Å². The van der Waals surface area contributed by atoms with E-state index >= 15 is 0 Å². The highest BCUT2D eigenvalue weighted by molar-refractivity contribution is 7.92. The van der Waals surface area contributed by atoms with Gasteiger partial charge in [0.05, 0.1) is 17.1 Å². The molecule has 1 aliphatic heterocycles. The zero-order valence-electron chi connectivity index (χ0n) is 19.0. The van der Waals surface area contributed by atoms with Gasteiger partial charge in [0.15, 0.2) is 6.10 Å². The molecule has 0 bridgehead atoms. The fourth-order valence-electron chi connectivity index (χ4n) is 3.72. The average Bonchev–Trinajstić information content (AvgIpc) is 3.32. The number of nitrogens with zero attached hydrogens (tertiary/aromatic N) is 3. The van der Waals surface area contributed by atoms with Gasteiger partial charge in [-0.2, -0.15) is 0 Å². The second-order valence-electron chi connectivity index (χ2n) is 8.19. The topological polar surface area (TPSA) is 101 Å². The standard InChI is InChI=1S/C25H22N4O4S2/c1-16-8-11-19(12-9-16)35(31,32)29-15-22(33-21-14-17(2)10-13-20(21)29)23(30)26-25-28-27-24(34-25)18-6-4-3-5-7-18/h3-14,22H,15H2,1-2H3,(H,26,28,30)/t22-/m0/s1. The van der Waals surface area contributed by atoms with Crippen molar-refractivity contribution in [2.24, 2.45) is 0 Å². The minimum absolute atomic E-state index is 0.146. The lowest BCUT2D eigenvalue weighted by Gasteiger charge is -2.34. The summed E-state index contributed by atoms with van der Waals surface area (Å²) in [6.45, 7) is 3.58. The number of hydrogen-bond donors (Lipinski definition) is 1. The van der Waals surface area contributed by atoms with Crippen LogP contribution in [0, 0.1) is 13.8 Å². The Morgan fingerprint density at radius 1 is 1.00 bits per heavy atom. The van der Waals surface area contributed by atoms with E-state index in [9.17, 15) is 13.2 Å². The van der Waals surface area contributed by atoms with E-state index in [0.29, 0.717) is 21.6 Å². The number of hydrogen-bond acceptors (Lipinski definition) is 7. The molecule has 1 N–H and O–H groups in total. The molecular formula is C25H22N4O4S2. The molecule has 10 heteroatoms. The third kappa shape index (κ3) is 4.62. The third-order valence-corrected chi connectivity index (χ3v) is 8.24. The molecule has 1 aromatic heterocycles. The Balaban J connectivity index is 1.43. The molecule has 1 aliphatic rings. The van der Waals surface area contributed by atoms with Gasteiger partial charge in [-0.1, -0.05) is 65.4 Å². The summed E-state index contributed by atoms with van der Waals surface area (Å²) >= 11 is 1.23. The van der Waals surface area contributed by atoms with Gasteiger partial charge in [-0.05, 0) is 43.7 Å². The summed E-state index contributed by atoms with van der Waals surface area (Å²) < 4.78 is 34.3. The van der Waals surface area contributed by atoms with E-state index in [2.05, 4.69) is 15.5 Å². The quantitative estimate of drug-likeness (QED) is 0.430. The first-order valence-corrected chi connectivity index (χ1v) is 13.1. The number of sulfonamides is 1. The molecular weight excluding hydrogens is 484 g/mol. The van der Waals surface area contributed by atoms with Crippen molar-refractivity contribution in [1.29, 1.82) is 0 Å². The molecule has 1 amide bonds. The SMILES string of the molecule is Cc1ccc(S(=O)(=O)N2C[C@@H](C(=O)Nc3nnc(-c4ccccc4)s3)Oc3cc(C)ccc32)cc1. The zero-order valence-corrected chi connectivity index (χ0v) is 20.6. The minimum atomic E-state index is -3.93. The second-order valence-corrected chi connectivity index (χ2v) is 11.0. The van der Waals surface area contributed by atoms with Crippen LogP contribution < -0.4 is 14.4 Å². The van der Waals surface area contributed by atoms with E-state index in [0.717, 1.165) is 16.7 Å². The molecule has 0 spiro atoms. The van der Waals surface area contributed by atoms with Crippen LogP contribution in [0.25, 0.3) is 10.6 Å². The molecule has 178 valence electrons. The molecule has 0 unspecified atom stereocenters. The number of anilines is 2. The molecule has 0 fully saturated rings. The second kappa shape index (κ2) is 9.12. The highest BCUT2D eigenvalue weighted by Crippen LogP contribution is 2.38. The van der Waals surface area contributed by atoms with Gasteiger partial charge in [0.25, 0.3) is 15.9 Å². The first-order chi connectivity index (χ1) is 16.8. The predicted molar refractivity (Wildman–Crippen MR) is 135 cm³/mol. The maximum absolute atomic E-state index is 13.6. The van der Waals surface area contributed by atoms with E-state index in [-0.39, 0.29) is 11.4 Å². The molecule has 3 aromatic carbocycles. The summed E-state index contributed by atoms with van der Waals surface area (Å²) in [4.78, 5) is 13.3. The fourth-order valence-corrected chi connectivity index (χ4v) is 5.95. The van der Waals surface area contributed by atoms with Crippen molar-refractivity contribution in [3.8, 4) is 16.3 Å². The molecule has 0 radical (unpaired) electrons. The summed E-state index contributed by atoms with van der Waals surface area (Å²) in [5.41, 5.74) is 3.11. The first kappa shape index (κ1) is 23.0. The van der Waals surface area contributed by atoms with E-state index < -0.39 is 22.0 Å². The third-order valence-electron chi connectivity index (χ3n) is 5.56. The van der Waals surface area contributed by atoms with Gasteiger partial charge in [-0.15, -0.1) is 10.2 Å². The molecule has 0 saturated carbocycles. The van der Waals surface area contributed by atoms with E-state index in [4.69, 9.17) is 4.74 Å². The maximum atomic E-state index is 13.6. The van der Waals surface area contributed by atoms with E-state index in [1.54, 1.807) is 36.4 Å². The van der Waals surface area contributed by atoms with Crippen molar-refractivity contribution >= 4 is 38.1 Å². The van der Waals surface area contributed by atoms with Crippen molar-refractivity contribution in [2.75, 3.05) is 16.2 Å². The summed E-state index contributed by atoms with van der Waals surface area (Å²) in [5, 5.41) is 11.9. The molecule has 4 aromatic rings. The monoisotopic (exact) mass is 506 g/mol. The Bertz CT molecular complexity index is 1490.